The Morgan fingerprint density at radius 3 is 2.43 bits per heavy atom. The first-order valence-corrected chi connectivity index (χ1v) is 9.30. The zero-order valence-electron chi connectivity index (χ0n) is 16.8. The van der Waals surface area contributed by atoms with Gasteiger partial charge in [-0.1, -0.05) is 5.16 Å². The number of tetrazole rings is 1. The van der Waals surface area contributed by atoms with E-state index in [9.17, 15) is 4.79 Å². The number of ether oxygens (including phenoxy) is 1. The van der Waals surface area contributed by atoms with E-state index in [0.717, 1.165) is 22.6 Å². The summed E-state index contributed by atoms with van der Waals surface area (Å²) in [5, 5.41) is 18.2. The fourth-order valence-corrected chi connectivity index (χ4v) is 2.95. The maximum atomic E-state index is 12.5. The summed E-state index contributed by atoms with van der Waals surface area (Å²) < 4.78 is 12.5. The van der Waals surface area contributed by atoms with Crippen molar-refractivity contribution in [3.8, 4) is 17.1 Å². The van der Waals surface area contributed by atoms with Crippen LogP contribution in [0.25, 0.3) is 11.4 Å². The quantitative estimate of drug-likeness (QED) is 0.525. The molecule has 0 bridgehead atoms. The van der Waals surface area contributed by atoms with Crippen LogP contribution in [0.3, 0.4) is 0 Å². The second-order valence-electron chi connectivity index (χ2n) is 6.77. The number of aromatic nitrogens is 5. The molecule has 0 spiro atoms. The highest BCUT2D eigenvalue weighted by atomic mass is 16.5. The van der Waals surface area contributed by atoms with Crippen molar-refractivity contribution in [3.05, 3.63) is 71.1 Å². The zero-order chi connectivity index (χ0) is 21.1. The highest BCUT2D eigenvalue weighted by Gasteiger charge is 2.11. The van der Waals surface area contributed by atoms with Crippen molar-refractivity contribution >= 4 is 11.6 Å². The highest BCUT2D eigenvalue weighted by molar-refractivity contribution is 6.04. The Bertz CT molecular complexity index is 1140. The van der Waals surface area contributed by atoms with Crippen LogP contribution in [0, 0.1) is 13.8 Å². The average Bonchev–Trinajstić information content (AvgIpc) is 3.32. The van der Waals surface area contributed by atoms with Gasteiger partial charge in [-0.25, -0.2) is 4.68 Å². The lowest BCUT2D eigenvalue weighted by Crippen LogP contribution is -2.11. The lowest BCUT2D eigenvalue weighted by atomic mass is 10.1. The Labute approximate surface area is 172 Å². The summed E-state index contributed by atoms with van der Waals surface area (Å²) in [7, 11) is 1.77. The van der Waals surface area contributed by atoms with Crippen LogP contribution in [0.4, 0.5) is 5.69 Å². The van der Waals surface area contributed by atoms with Crippen molar-refractivity contribution in [2.75, 3.05) is 5.32 Å². The molecule has 9 heteroatoms. The number of carbonyl (C=O) groups excluding carboxylic acids is 1. The van der Waals surface area contributed by atoms with Crippen molar-refractivity contribution in [3.63, 3.8) is 0 Å². The monoisotopic (exact) mass is 404 g/mol. The minimum absolute atomic E-state index is 0.208. The first-order valence-electron chi connectivity index (χ1n) is 9.30. The molecule has 0 fully saturated rings. The van der Waals surface area contributed by atoms with Crippen LogP contribution in [-0.4, -0.2) is 31.3 Å². The molecule has 0 unspecified atom stereocenters. The van der Waals surface area contributed by atoms with Gasteiger partial charge in [0.05, 0.1) is 11.3 Å². The lowest BCUT2D eigenvalue weighted by molar-refractivity contribution is 0.102. The molecule has 0 radical (unpaired) electrons. The van der Waals surface area contributed by atoms with E-state index in [2.05, 4.69) is 26.0 Å². The van der Waals surface area contributed by atoms with Crippen molar-refractivity contribution < 1.29 is 14.1 Å². The molecule has 2 aromatic heterocycles. The van der Waals surface area contributed by atoms with Crippen LogP contribution in [0.5, 0.6) is 5.75 Å². The van der Waals surface area contributed by atoms with Gasteiger partial charge in [0.1, 0.15) is 18.1 Å². The van der Waals surface area contributed by atoms with Gasteiger partial charge in [-0.3, -0.25) is 4.79 Å². The molecule has 2 heterocycles. The first kappa shape index (κ1) is 19.3. The Morgan fingerprint density at radius 2 is 1.83 bits per heavy atom. The Balaban J connectivity index is 1.37. The van der Waals surface area contributed by atoms with Crippen molar-refractivity contribution in [1.29, 1.82) is 0 Å². The summed E-state index contributed by atoms with van der Waals surface area (Å²) in [6.45, 7) is 4.09. The predicted octanol–water partition coefficient (Wildman–Crippen LogP) is 3.31. The SMILES string of the molecule is Cc1noc(C)c1COc1ccc(C(=O)Nc2ccc(-c3nnnn3C)cc2)cc1. The summed E-state index contributed by atoms with van der Waals surface area (Å²) in [4.78, 5) is 12.5. The number of hydrogen-bond donors (Lipinski definition) is 1. The van der Waals surface area contributed by atoms with Gasteiger partial charge >= 0.3 is 0 Å². The largest absolute Gasteiger partial charge is 0.489 e. The molecular formula is C21H20N6O3. The Morgan fingerprint density at radius 1 is 1.10 bits per heavy atom. The van der Waals surface area contributed by atoms with Gasteiger partial charge in [-0.05, 0) is 72.8 Å². The fourth-order valence-electron chi connectivity index (χ4n) is 2.95. The number of hydrogen-bond acceptors (Lipinski definition) is 7. The number of nitrogens with zero attached hydrogens (tertiary/aromatic N) is 5. The Hall–Kier alpha value is -4.01. The average molecular weight is 404 g/mol. The van der Waals surface area contributed by atoms with E-state index in [-0.39, 0.29) is 5.91 Å². The second kappa shape index (κ2) is 8.16. The first-order chi connectivity index (χ1) is 14.5. The maximum absolute atomic E-state index is 12.5. The molecule has 30 heavy (non-hydrogen) atoms. The number of benzene rings is 2. The van der Waals surface area contributed by atoms with Gasteiger partial charge in [0.15, 0.2) is 5.82 Å². The summed E-state index contributed by atoms with van der Waals surface area (Å²) >= 11 is 0. The Kier molecular flexibility index (Phi) is 5.25. The maximum Gasteiger partial charge on any atom is 0.255 e. The van der Waals surface area contributed by atoms with E-state index in [4.69, 9.17) is 9.26 Å². The van der Waals surface area contributed by atoms with Gasteiger partial charge < -0.3 is 14.6 Å². The molecule has 0 aliphatic rings. The number of rotatable bonds is 6. The summed E-state index contributed by atoms with van der Waals surface area (Å²) in [5.41, 5.74) is 3.81. The molecule has 2 aromatic carbocycles. The van der Waals surface area contributed by atoms with Crippen LogP contribution < -0.4 is 10.1 Å². The smallest absolute Gasteiger partial charge is 0.255 e. The summed E-state index contributed by atoms with van der Waals surface area (Å²) in [6.07, 6.45) is 0. The molecule has 0 atom stereocenters. The van der Waals surface area contributed by atoms with Crippen molar-refractivity contribution in [1.82, 2.24) is 25.4 Å². The predicted molar refractivity (Wildman–Crippen MR) is 109 cm³/mol. The third-order valence-corrected chi connectivity index (χ3v) is 4.70. The van der Waals surface area contributed by atoms with E-state index in [1.54, 1.807) is 36.0 Å². The molecule has 0 saturated carbocycles. The summed E-state index contributed by atoms with van der Waals surface area (Å²) in [5.74, 6) is 1.85. The van der Waals surface area contributed by atoms with E-state index < -0.39 is 0 Å². The van der Waals surface area contributed by atoms with Crippen LogP contribution in [-0.2, 0) is 13.7 Å². The second-order valence-corrected chi connectivity index (χ2v) is 6.77. The minimum atomic E-state index is -0.208. The molecule has 0 aliphatic carbocycles. The van der Waals surface area contributed by atoms with E-state index >= 15 is 0 Å². The van der Waals surface area contributed by atoms with E-state index in [0.29, 0.717) is 29.4 Å². The number of amides is 1. The van der Waals surface area contributed by atoms with Gasteiger partial charge in [0.2, 0.25) is 0 Å². The topological polar surface area (TPSA) is 108 Å². The molecule has 1 amide bonds. The van der Waals surface area contributed by atoms with Crippen LogP contribution >= 0.6 is 0 Å². The standard InChI is InChI=1S/C21H20N6O3/c1-13-19(14(2)30-24-13)12-29-18-10-6-16(7-11-18)21(28)22-17-8-4-15(5-9-17)20-23-25-26-27(20)3/h4-11H,12H2,1-3H3,(H,22,28). The molecule has 1 N–H and O–H groups in total. The van der Waals surface area contributed by atoms with Gasteiger partial charge in [0, 0.05) is 23.9 Å². The van der Waals surface area contributed by atoms with Crippen LogP contribution in [0.2, 0.25) is 0 Å². The number of aryl methyl sites for hydroxylation is 3. The normalized spacial score (nSPS) is 10.8. The number of carbonyl (C=O) groups is 1. The minimum Gasteiger partial charge on any atom is -0.489 e. The third-order valence-electron chi connectivity index (χ3n) is 4.70. The van der Waals surface area contributed by atoms with Crippen LogP contribution in [0.1, 0.15) is 27.4 Å². The molecular weight excluding hydrogens is 384 g/mol. The van der Waals surface area contributed by atoms with E-state index in [1.807, 2.05) is 38.1 Å². The van der Waals surface area contributed by atoms with Gasteiger partial charge in [0.25, 0.3) is 5.91 Å². The zero-order valence-corrected chi connectivity index (χ0v) is 16.8. The molecule has 0 aliphatic heterocycles. The van der Waals surface area contributed by atoms with Crippen molar-refractivity contribution in [2.24, 2.45) is 7.05 Å². The van der Waals surface area contributed by atoms with Crippen LogP contribution in [0.15, 0.2) is 53.1 Å². The molecule has 9 nitrogen and oxygen atoms in total. The van der Waals surface area contributed by atoms with Crippen molar-refractivity contribution in [2.45, 2.75) is 20.5 Å². The third kappa shape index (κ3) is 4.04. The highest BCUT2D eigenvalue weighted by Crippen LogP contribution is 2.20. The lowest BCUT2D eigenvalue weighted by Gasteiger charge is -2.08. The molecule has 4 aromatic rings. The fraction of sp³-hybridized carbons (Fsp3) is 0.190. The summed E-state index contributed by atoms with van der Waals surface area (Å²) in [6, 6.07) is 14.3. The van der Waals surface area contributed by atoms with Gasteiger partial charge in [-0.15, -0.1) is 5.10 Å². The molecule has 0 saturated heterocycles. The molecule has 152 valence electrons. The molecule has 4 rings (SSSR count). The van der Waals surface area contributed by atoms with E-state index in [1.165, 1.54) is 0 Å². The number of anilines is 1. The number of nitrogens with one attached hydrogen (secondary N) is 1. The van der Waals surface area contributed by atoms with Gasteiger partial charge in [-0.2, -0.15) is 0 Å².